The molecule has 7 heteroatoms. The topological polar surface area (TPSA) is 73.2 Å². The predicted octanol–water partition coefficient (Wildman–Crippen LogP) is 1.78. The van der Waals surface area contributed by atoms with Crippen LogP contribution in [0.5, 0.6) is 0 Å². The number of hydrogen-bond donors (Lipinski definition) is 1. The highest BCUT2D eigenvalue weighted by Crippen LogP contribution is 2.27. The van der Waals surface area contributed by atoms with Crippen molar-refractivity contribution in [1.29, 1.82) is 0 Å². The number of aromatic nitrogens is 2. The van der Waals surface area contributed by atoms with Gasteiger partial charge in [-0.2, -0.15) is 5.10 Å². The van der Waals surface area contributed by atoms with E-state index in [1.165, 1.54) is 18.2 Å². The van der Waals surface area contributed by atoms with Crippen molar-refractivity contribution >= 4 is 27.6 Å². The highest BCUT2D eigenvalue weighted by molar-refractivity contribution is 9.10. The molecule has 1 aromatic heterocycles. The third-order valence-corrected chi connectivity index (χ3v) is 4.11. The fourth-order valence-corrected chi connectivity index (χ4v) is 2.47. The summed E-state index contributed by atoms with van der Waals surface area (Å²) in [5.74, 6) is 0.252. The Hall–Kier alpha value is -1.37. The summed E-state index contributed by atoms with van der Waals surface area (Å²) >= 11 is 3.31. The van der Waals surface area contributed by atoms with E-state index in [1.54, 1.807) is 6.20 Å². The van der Waals surface area contributed by atoms with Crippen LogP contribution in [0.2, 0.25) is 0 Å². The van der Waals surface area contributed by atoms with Gasteiger partial charge in [-0.15, -0.1) is 0 Å². The van der Waals surface area contributed by atoms with E-state index in [2.05, 4.69) is 31.1 Å². The molecule has 1 N–H and O–H groups in total. The van der Waals surface area contributed by atoms with Gasteiger partial charge in [-0.25, -0.2) is 4.68 Å². The van der Waals surface area contributed by atoms with Gasteiger partial charge in [0.25, 0.3) is 5.56 Å². The second-order valence-corrected chi connectivity index (χ2v) is 5.76. The fourth-order valence-electron chi connectivity index (χ4n) is 2.07. The van der Waals surface area contributed by atoms with Crippen molar-refractivity contribution in [2.24, 2.45) is 5.92 Å². The van der Waals surface area contributed by atoms with E-state index in [9.17, 15) is 9.59 Å². The molecule has 1 heterocycles. The molecule has 0 bridgehead atoms. The van der Waals surface area contributed by atoms with E-state index < -0.39 is 0 Å². The minimum absolute atomic E-state index is 0.156. The maximum Gasteiger partial charge on any atom is 0.307 e. The maximum atomic E-state index is 12.3. The number of halogens is 1. The largest absolute Gasteiger partial charge is 0.469 e. The molecule has 0 radical (unpaired) electrons. The average molecular weight is 344 g/mol. The molecule has 1 saturated carbocycles. The van der Waals surface area contributed by atoms with Crippen LogP contribution in [0.1, 0.15) is 25.7 Å². The lowest BCUT2D eigenvalue weighted by atomic mass is 9.85. The predicted molar refractivity (Wildman–Crippen MR) is 78.7 cm³/mol. The first kappa shape index (κ1) is 15.0. The zero-order valence-electron chi connectivity index (χ0n) is 11.4. The van der Waals surface area contributed by atoms with Crippen LogP contribution in [-0.2, 0) is 16.1 Å². The van der Waals surface area contributed by atoms with E-state index in [-0.39, 0.29) is 17.9 Å². The van der Waals surface area contributed by atoms with Gasteiger partial charge in [0, 0.05) is 13.1 Å². The smallest absolute Gasteiger partial charge is 0.307 e. The molecule has 1 aliphatic carbocycles. The third-order valence-electron chi connectivity index (χ3n) is 3.51. The van der Waals surface area contributed by atoms with Gasteiger partial charge >= 0.3 is 5.97 Å². The summed E-state index contributed by atoms with van der Waals surface area (Å²) in [6.07, 6.45) is 5.39. The van der Waals surface area contributed by atoms with Gasteiger partial charge in [0.2, 0.25) is 0 Å². The van der Waals surface area contributed by atoms with Crippen molar-refractivity contribution in [2.45, 2.75) is 32.2 Å². The molecule has 0 aromatic carbocycles. The second kappa shape index (κ2) is 6.88. The number of methoxy groups -OCH3 is 1. The molecule has 0 aliphatic heterocycles. The Bertz CT molecular complexity index is 540. The molecule has 0 unspecified atom stereocenters. The Morgan fingerprint density at radius 3 is 2.95 bits per heavy atom. The monoisotopic (exact) mass is 343 g/mol. The first-order valence-corrected chi connectivity index (χ1v) is 7.47. The number of rotatable bonds is 6. The molecule has 0 atom stereocenters. The van der Waals surface area contributed by atoms with Crippen LogP contribution in [0, 0.1) is 5.92 Å². The summed E-state index contributed by atoms with van der Waals surface area (Å²) in [5, 5.41) is 7.12. The Balaban J connectivity index is 2.04. The van der Waals surface area contributed by atoms with E-state index in [0.29, 0.717) is 29.2 Å². The molecule has 1 aromatic rings. The van der Waals surface area contributed by atoms with Gasteiger partial charge < -0.3 is 10.1 Å². The number of carbonyl (C=O) groups excluding carboxylic acids is 1. The SMILES string of the molecule is COC(=O)CCNc1c(Br)cnn(CC2CCC2)c1=O. The number of carbonyl (C=O) groups is 1. The van der Waals surface area contributed by atoms with Gasteiger partial charge in [0.05, 0.1) is 24.2 Å². The second-order valence-electron chi connectivity index (χ2n) is 4.90. The van der Waals surface area contributed by atoms with Crippen LogP contribution >= 0.6 is 15.9 Å². The van der Waals surface area contributed by atoms with Crippen molar-refractivity contribution in [3.8, 4) is 0 Å². The van der Waals surface area contributed by atoms with Gasteiger partial charge in [-0.1, -0.05) is 6.42 Å². The number of nitrogens with zero attached hydrogens (tertiary/aromatic N) is 2. The number of ether oxygens (including phenoxy) is 1. The lowest BCUT2D eigenvalue weighted by Crippen LogP contribution is -2.31. The summed E-state index contributed by atoms with van der Waals surface area (Å²) in [7, 11) is 1.34. The summed E-state index contributed by atoms with van der Waals surface area (Å²) in [4.78, 5) is 23.4. The van der Waals surface area contributed by atoms with Crippen LogP contribution in [0.3, 0.4) is 0 Å². The Kier molecular flexibility index (Phi) is 5.17. The molecule has 6 nitrogen and oxygen atoms in total. The van der Waals surface area contributed by atoms with Crippen LogP contribution in [0.4, 0.5) is 5.69 Å². The van der Waals surface area contributed by atoms with Crippen molar-refractivity contribution in [3.63, 3.8) is 0 Å². The van der Waals surface area contributed by atoms with Crippen molar-refractivity contribution in [3.05, 3.63) is 21.0 Å². The number of esters is 1. The maximum absolute atomic E-state index is 12.3. The molecule has 0 amide bonds. The van der Waals surface area contributed by atoms with Crippen LogP contribution in [0.25, 0.3) is 0 Å². The van der Waals surface area contributed by atoms with E-state index in [4.69, 9.17) is 0 Å². The normalized spacial score (nSPS) is 14.7. The number of nitrogens with one attached hydrogen (secondary N) is 1. The summed E-state index contributed by atoms with van der Waals surface area (Å²) < 4.78 is 6.66. The van der Waals surface area contributed by atoms with Crippen molar-refractivity contribution in [1.82, 2.24) is 9.78 Å². The minimum atomic E-state index is -0.308. The van der Waals surface area contributed by atoms with Gasteiger partial charge in [-0.3, -0.25) is 9.59 Å². The first-order chi connectivity index (χ1) is 9.61. The molecule has 0 spiro atoms. The van der Waals surface area contributed by atoms with Crippen molar-refractivity contribution in [2.75, 3.05) is 19.0 Å². The lowest BCUT2D eigenvalue weighted by molar-refractivity contribution is -0.140. The van der Waals surface area contributed by atoms with Crippen LogP contribution in [-0.4, -0.2) is 29.4 Å². The number of hydrogen-bond acceptors (Lipinski definition) is 5. The molecule has 1 fully saturated rings. The Morgan fingerprint density at radius 2 is 2.35 bits per heavy atom. The van der Waals surface area contributed by atoms with Gasteiger partial charge in [-0.05, 0) is 34.7 Å². The third kappa shape index (κ3) is 3.59. The molecule has 2 rings (SSSR count). The lowest BCUT2D eigenvalue weighted by Gasteiger charge is -2.25. The minimum Gasteiger partial charge on any atom is -0.469 e. The zero-order chi connectivity index (χ0) is 14.5. The van der Waals surface area contributed by atoms with E-state index in [1.807, 2.05) is 0 Å². The summed E-state index contributed by atoms with van der Waals surface area (Å²) in [6, 6.07) is 0. The Labute approximate surface area is 125 Å². The summed E-state index contributed by atoms with van der Waals surface area (Å²) in [5.41, 5.74) is 0.291. The molecule has 20 heavy (non-hydrogen) atoms. The standard InChI is InChI=1S/C13H18BrN3O3/c1-20-11(18)5-6-15-12-10(14)7-16-17(13(12)19)8-9-3-2-4-9/h7,9,15H,2-6,8H2,1H3. The first-order valence-electron chi connectivity index (χ1n) is 6.68. The Morgan fingerprint density at radius 1 is 1.60 bits per heavy atom. The van der Waals surface area contributed by atoms with Gasteiger partial charge in [0.15, 0.2) is 0 Å². The highest BCUT2D eigenvalue weighted by atomic mass is 79.9. The molecular formula is C13H18BrN3O3. The molecule has 1 aliphatic rings. The average Bonchev–Trinajstić information content (AvgIpc) is 2.39. The van der Waals surface area contributed by atoms with Gasteiger partial charge in [0.1, 0.15) is 5.69 Å². The van der Waals surface area contributed by atoms with E-state index in [0.717, 1.165) is 12.8 Å². The quantitative estimate of drug-likeness (QED) is 0.797. The number of anilines is 1. The van der Waals surface area contributed by atoms with E-state index >= 15 is 0 Å². The molecule has 110 valence electrons. The van der Waals surface area contributed by atoms with Crippen molar-refractivity contribution < 1.29 is 9.53 Å². The fraction of sp³-hybridized carbons (Fsp3) is 0.615. The van der Waals surface area contributed by atoms with Crippen LogP contribution < -0.4 is 10.9 Å². The molecular weight excluding hydrogens is 326 g/mol. The zero-order valence-corrected chi connectivity index (χ0v) is 13.0. The summed E-state index contributed by atoms with van der Waals surface area (Å²) in [6.45, 7) is 1.02. The highest BCUT2D eigenvalue weighted by Gasteiger charge is 2.20. The molecule has 0 saturated heterocycles. The van der Waals surface area contributed by atoms with Crippen LogP contribution in [0.15, 0.2) is 15.5 Å².